The molecule has 0 heterocycles. The summed E-state index contributed by atoms with van der Waals surface area (Å²) in [5.74, 6) is -0.404. The molecule has 0 saturated heterocycles. The average molecular weight is 268 g/mol. The molecule has 1 aliphatic rings. The van der Waals surface area contributed by atoms with E-state index in [4.69, 9.17) is 5.73 Å². The first-order valence-corrected chi connectivity index (χ1v) is 6.08. The van der Waals surface area contributed by atoms with E-state index in [1.54, 1.807) is 0 Å². The Morgan fingerprint density at radius 3 is 2.61 bits per heavy atom. The fourth-order valence-electron chi connectivity index (χ4n) is 2.05. The molecule has 0 aromatic rings. The lowest BCUT2D eigenvalue weighted by atomic mass is 9.84. The Balaban J connectivity index is 2.13. The average Bonchev–Trinajstić information content (AvgIpc) is 2.27. The molecule has 2 unspecified atom stereocenters. The number of carbonyl (C=O) groups is 1. The van der Waals surface area contributed by atoms with Crippen molar-refractivity contribution < 1.29 is 22.7 Å². The molecular weight excluding hydrogens is 249 g/mol. The Bertz CT molecular complexity index is 272. The fraction of sp³-hybridized carbons (Fsp3) is 0.909. The van der Waals surface area contributed by atoms with Crippen LogP contribution in [0, 0.1) is 5.92 Å². The van der Waals surface area contributed by atoms with Crippen LogP contribution in [0.4, 0.5) is 13.2 Å². The summed E-state index contributed by atoms with van der Waals surface area (Å²) in [4.78, 5) is 11.7. The van der Waals surface area contributed by atoms with E-state index in [-0.39, 0.29) is 31.0 Å². The Morgan fingerprint density at radius 2 is 2.00 bits per heavy atom. The number of carbonyl (C=O) groups excluding carboxylic acids is 1. The highest BCUT2D eigenvalue weighted by Crippen LogP contribution is 2.22. The SMILES string of the molecule is NC1CCCCC1C(=O)NCCOCC(F)(F)F. The zero-order chi connectivity index (χ0) is 13.6. The topological polar surface area (TPSA) is 64.4 Å². The fourth-order valence-corrected chi connectivity index (χ4v) is 2.05. The number of nitrogens with one attached hydrogen (secondary N) is 1. The maximum absolute atomic E-state index is 11.8. The summed E-state index contributed by atoms with van der Waals surface area (Å²) < 4.78 is 39.7. The minimum atomic E-state index is -4.32. The number of hydrogen-bond donors (Lipinski definition) is 2. The molecule has 7 heteroatoms. The molecule has 0 radical (unpaired) electrons. The molecule has 0 spiro atoms. The molecule has 1 saturated carbocycles. The van der Waals surface area contributed by atoms with Crippen molar-refractivity contribution in [3.63, 3.8) is 0 Å². The minimum absolute atomic E-state index is 0.0815. The number of alkyl halides is 3. The summed E-state index contributed by atoms with van der Waals surface area (Å²) in [6.45, 7) is -1.35. The molecule has 0 aromatic heterocycles. The molecule has 1 aliphatic carbocycles. The molecule has 0 bridgehead atoms. The quantitative estimate of drug-likeness (QED) is 0.736. The lowest BCUT2D eigenvalue weighted by Gasteiger charge is -2.27. The smallest absolute Gasteiger partial charge is 0.370 e. The lowest BCUT2D eigenvalue weighted by molar-refractivity contribution is -0.173. The second-order valence-electron chi connectivity index (χ2n) is 4.51. The van der Waals surface area contributed by atoms with Gasteiger partial charge in [0.25, 0.3) is 0 Å². The predicted octanol–water partition coefficient (Wildman–Crippen LogP) is 1.20. The summed E-state index contributed by atoms with van der Waals surface area (Å²) in [7, 11) is 0. The molecule has 106 valence electrons. The van der Waals surface area contributed by atoms with E-state index in [0.29, 0.717) is 0 Å². The van der Waals surface area contributed by atoms with Crippen molar-refractivity contribution in [2.45, 2.75) is 37.9 Å². The van der Waals surface area contributed by atoms with Gasteiger partial charge in [-0.2, -0.15) is 13.2 Å². The van der Waals surface area contributed by atoms with E-state index in [0.717, 1.165) is 25.7 Å². The zero-order valence-corrected chi connectivity index (χ0v) is 10.1. The van der Waals surface area contributed by atoms with E-state index in [1.807, 2.05) is 0 Å². The highest BCUT2D eigenvalue weighted by molar-refractivity contribution is 5.79. The van der Waals surface area contributed by atoms with Gasteiger partial charge in [0.15, 0.2) is 0 Å². The standard InChI is InChI=1S/C11H19F3N2O2/c12-11(13,14)7-18-6-5-16-10(17)8-3-1-2-4-9(8)15/h8-9H,1-7,15H2,(H,16,17). The monoisotopic (exact) mass is 268 g/mol. The maximum atomic E-state index is 11.8. The van der Waals surface area contributed by atoms with Gasteiger partial charge in [0.1, 0.15) is 6.61 Å². The molecule has 3 N–H and O–H groups in total. The van der Waals surface area contributed by atoms with Crippen LogP contribution in [0.2, 0.25) is 0 Å². The highest BCUT2D eigenvalue weighted by atomic mass is 19.4. The first-order chi connectivity index (χ1) is 8.40. The van der Waals surface area contributed by atoms with Crippen molar-refractivity contribution in [2.75, 3.05) is 19.8 Å². The third kappa shape index (κ3) is 5.68. The lowest BCUT2D eigenvalue weighted by Crippen LogP contribution is -2.44. The van der Waals surface area contributed by atoms with Crippen LogP contribution < -0.4 is 11.1 Å². The van der Waals surface area contributed by atoms with E-state index in [1.165, 1.54) is 0 Å². The van der Waals surface area contributed by atoms with Gasteiger partial charge in [-0.3, -0.25) is 4.79 Å². The Kier molecular flexibility index (Phi) is 5.87. The molecule has 1 rings (SSSR count). The molecule has 1 amide bonds. The maximum Gasteiger partial charge on any atom is 0.411 e. The molecule has 0 aromatic carbocycles. The van der Waals surface area contributed by atoms with E-state index < -0.39 is 12.8 Å². The van der Waals surface area contributed by atoms with Gasteiger partial charge < -0.3 is 15.8 Å². The predicted molar refractivity (Wildman–Crippen MR) is 59.8 cm³/mol. The molecule has 0 aliphatic heterocycles. The van der Waals surface area contributed by atoms with Crippen LogP contribution >= 0.6 is 0 Å². The van der Waals surface area contributed by atoms with Gasteiger partial charge in [0, 0.05) is 12.6 Å². The van der Waals surface area contributed by atoms with Gasteiger partial charge in [0.05, 0.1) is 12.5 Å². The van der Waals surface area contributed by atoms with Crippen molar-refractivity contribution in [3.8, 4) is 0 Å². The Morgan fingerprint density at radius 1 is 1.33 bits per heavy atom. The summed E-state index contributed by atoms with van der Waals surface area (Å²) in [5, 5.41) is 2.56. The summed E-state index contributed by atoms with van der Waals surface area (Å²) >= 11 is 0. The van der Waals surface area contributed by atoms with Crippen LogP contribution in [-0.2, 0) is 9.53 Å². The Labute approximate surface area is 104 Å². The number of hydrogen-bond acceptors (Lipinski definition) is 3. The third-order valence-corrected chi connectivity index (χ3v) is 2.97. The van der Waals surface area contributed by atoms with Gasteiger partial charge in [-0.05, 0) is 12.8 Å². The number of amides is 1. The van der Waals surface area contributed by atoms with Crippen LogP contribution in [0.3, 0.4) is 0 Å². The minimum Gasteiger partial charge on any atom is -0.370 e. The number of nitrogens with two attached hydrogens (primary N) is 1. The summed E-state index contributed by atoms with van der Waals surface area (Å²) in [5.41, 5.74) is 5.83. The van der Waals surface area contributed by atoms with Crippen molar-refractivity contribution in [2.24, 2.45) is 11.7 Å². The molecule has 4 nitrogen and oxygen atoms in total. The van der Waals surface area contributed by atoms with Gasteiger partial charge in [-0.1, -0.05) is 12.8 Å². The molecule has 18 heavy (non-hydrogen) atoms. The van der Waals surface area contributed by atoms with Crippen LogP contribution in [-0.4, -0.2) is 37.9 Å². The van der Waals surface area contributed by atoms with Gasteiger partial charge in [-0.25, -0.2) is 0 Å². The normalized spacial score (nSPS) is 24.9. The molecule has 1 fully saturated rings. The molecule has 2 atom stereocenters. The van der Waals surface area contributed by atoms with Crippen LogP contribution in [0.15, 0.2) is 0 Å². The van der Waals surface area contributed by atoms with E-state index in [9.17, 15) is 18.0 Å². The van der Waals surface area contributed by atoms with Crippen LogP contribution in [0.1, 0.15) is 25.7 Å². The largest absolute Gasteiger partial charge is 0.411 e. The van der Waals surface area contributed by atoms with Crippen LogP contribution in [0.25, 0.3) is 0 Å². The van der Waals surface area contributed by atoms with Crippen LogP contribution in [0.5, 0.6) is 0 Å². The zero-order valence-electron chi connectivity index (χ0n) is 10.1. The summed E-state index contributed by atoms with van der Waals surface area (Å²) in [6, 6.07) is -0.144. The second-order valence-corrected chi connectivity index (χ2v) is 4.51. The number of halogens is 3. The van der Waals surface area contributed by atoms with Gasteiger partial charge in [-0.15, -0.1) is 0 Å². The van der Waals surface area contributed by atoms with Gasteiger partial charge >= 0.3 is 6.18 Å². The van der Waals surface area contributed by atoms with Crippen molar-refractivity contribution in [3.05, 3.63) is 0 Å². The van der Waals surface area contributed by atoms with E-state index >= 15 is 0 Å². The van der Waals surface area contributed by atoms with Gasteiger partial charge in [0.2, 0.25) is 5.91 Å². The van der Waals surface area contributed by atoms with Crippen molar-refractivity contribution in [1.29, 1.82) is 0 Å². The number of ether oxygens (including phenoxy) is 1. The van der Waals surface area contributed by atoms with Crippen molar-refractivity contribution >= 4 is 5.91 Å². The first-order valence-electron chi connectivity index (χ1n) is 6.08. The second kappa shape index (κ2) is 6.94. The van der Waals surface area contributed by atoms with Crippen molar-refractivity contribution in [1.82, 2.24) is 5.32 Å². The first kappa shape index (κ1) is 15.2. The Hall–Kier alpha value is -0.820. The third-order valence-electron chi connectivity index (χ3n) is 2.97. The number of rotatable bonds is 5. The van der Waals surface area contributed by atoms with E-state index in [2.05, 4.69) is 10.1 Å². The summed E-state index contributed by atoms with van der Waals surface area (Å²) in [6.07, 6.45) is -0.759. The molecular formula is C11H19F3N2O2. The highest BCUT2D eigenvalue weighted by Gasteiger charge is 2.29.